The molecule has 4 atom stereocenters. The molecule has 2 fully saturated rings. The van der Waals surface area contributed by atoms with Crippen LogP contribution in [0.2, 0.25) is 0 Å². The van der Waals surface area contributed by atoms with Gasteiger partial charge in [-0.25, -0.2) is 4.79 Å². The summed E-state index contributed by atoms with van der Waals surface area (Å²) in [5.41, 5.74) is -0.819. The molecule has 7 nitrogen and oxygen atoms in total. The van der Waals surface area contributed by atoms with Gasteiger partial charge in [0, 0.05) is 25.3 Å². The van der Waals surface area contributed by atoms with Crippen LogP contribution in [-0.2, 0) is 14.2 Å². The molecule has 1 aliphatic carbocycles. The maximum Gasteiger partial charge on any atom is 0.328 e. The molecule has 1 saturated heterocycles. The number of aromatic amines is 1. The summed E-state index contributed by atoms with van der Waals surface area (Å²) in [6, 6.07) is 1.18. The summed E-state index contributed by atoms with van der Waals surface area (Å²) >= 11 is 0. The van der Waals surface area contributed by atoms with Gasteiger partial charge in [0.2, 0.25) is 0 Å². The van der Waals surface area contributed by atoms with Crippen LogP contribution in [0.15, 0.2) is 21.9 Å². The predicted molar refractivity (Wildman–Crippen MR) is 74.2 cm³/mol. The SMILES string of the molecule is COCC1CC(n2ccc(=O)[nH]c2=O)C2OC(C)(C)OC12. The normalized spacial score (nSPS) is 34.0. The Morgan fingerprint density at radius 3 is 2.76 bits per heavy atom. The summed E-state index contributed by atoms with van der Waals surface area (Å²) in [6.07, 6.45) is 1.91. The van der Waals surface area contributed by atoms with Crippen LogP contribution in [-0.4, -0.2) is 41.3 Å². The molecule has 0 spiro atoms. The molecule has 1 aromatic heterocycles. The van der Waals surface area contributed by atoms with Crippen molar-refractivity contribution >= 4 is 0 Å². The number of ether oxygens (including phenoxy) is 3. The van der Waals surface area contributed by atoms with E-state index in [1.807, 2.05) is 13.8 Å². The molecule has 116 valence electrons. The molecule has 0 amide bonds. The highest BCUT2D eigenvalue weighted by atomic mass is 16.8. The molecule has 2 aliphatic rings. The van der Waals surface area contributed by atoms with Crippen molar-refractivity contribution < 1.29 is 14.2 Å². The van der Waals surface area contributed by atoms with Gasteiger partial charge in [-0.05, 0) is 20.3 Å². The summed E-state index contributed by atoms with van der Waals surface area (Å²) in [5.74, 6) is -0.517. The molecule has 0 radical (unpaired) electrons. The Kier molecular flexibility index (Phi) is 3.51. The highest BCUT2D eigenvalue weighted by molar-refractivity contribution is 5.02. The summed E-state index contributed by atoms with van der Waals surface area (Å²) in [7, 11) is 1.65. The summed E-state index contributed by atoms with van der Waals surface area (Å²) in [6.45, 7) is 4.28. The zero-order valence-electron chi connectivity index (χ0n) is 12.4. The van der Waals surface area contributed by atoms with Gasteiger partial charge in [-0.3, -0.25) is 14.3 Å². The third-order valence-corrected chi connectivity index (χ3v) is 4.14. The molecule has 1 aliphatic heterocycles. The summed E-state index contributed by atoms with van der Waals surface area (Å²) < 4.78 is 18.7. The maximum absolute atomic E-state index is 12.0. The minimum atomic E-state index is -0.675. The van der Waals surface area contributed by atoms with Crippen molar-refractivity contribution in [2.75, 3.05) is 13.7 Å². The largest absolute Gasteiger partial charge is 0.384 e. The average molecular weight is 296 g/mol. The minimum absolute atomic E-state index is 0.108. The number of hydrogen-bond acceptors (Lipinski definition) is 5. The van der Waals surface area contributed by atoms with Crippen LogP contribution >= 0.6 is 0 Å². The predicted octanol–water partition coefficient (Wildman–Crippen LogP) is 0.264. The quantitative estimate of drug-likeness (QED) is 0.865. The van der Waals surface area contributed by atoms with Crippen LogP contribution in [0.4, 0.5) is 0 Å². The van der Waals surface area contributed by atoms with Gasteiger partial charge in [0.25, 0.3) is 5.56 Å². The van der Waals surface area contributed by atoms with E-state index in [-0.39, 0.29) is 24.2 Å². The zero-order chi connectivity index (χ0) is 15.2. The zero-order valence-corrected chi connectivity index (χ0v) is 12.4. The molecule has 3 rings (SSSR count). The molecule has 1 aromatic rings. The maximum atomic E-state index is 12.0. The van der Waals surface area contributed by atoms with Crippen molar-refractivity contribution in [2.24, 2.45) is 5.92 Å². The molecule has 1 N–H and O–H groups in total. The van der Waals surface area contributed by atoms with Crippen LogP contribution in [0.3, 0.4) is 0 Å². The van der Waals surface area contributed by atoms with Gasteiger partial charge in [0.05, 0.1) is 18.8 Å². The van der Waals surface area contributed by atoms with E-state index in [0.29, 0.717) is 13.0 Å². The Morgan fingerprint density at radius 1 is 1.38 bits per heavy atom. The van der Waals surface area contributed by atoms with E-state index in [4.69, 9.17) is 14.2 Å². The summed E-state index contributed by atoms with van der Waals surface area (Å²) in [5, 5.41) is 0. The Labute approximate surface area is 121 Å². The molecule has 4 unspecified atom stereocenters. The van der Waals surface area contributed by atoms with Gasteiger partial charge in [-0.1, -0.05) is 0 Å². The highest BCUT2D eigenvalue weighted by Crippen LogP contribution is 2.46. The number of methoxy groups -OCH3 is 1. The van der Waals surface area contributed by atoms with Crippen molar-refractivity contribution in [3.63, 3.8) is 0 Å². The van der Waals surface area contributed by atoms with Gasteiger partial charge in [-0.15, -0.1) is 0 Å². The number of nitrogens with zero attached hydrogens (tertiary/aromatic N) is 1. The fraction of sp³-hybridized carbons (Fsp3) is 0.714. The first kappa shape index (κ1) is 14.5. The number of H-pyrrole nitrogens is 1. The average Bonchev–Trinajstić information content (AvgIpc) is 2.85. The standard InChI is InChI=1S/C14H20N2O5/c1-14(2)20-11-8(7-19-3)6-9(12(11)21-14)16-5-4-10(17)15-13(16)18/h4-5,8-9,11-12H,6-7H2,1-3H3,(H,15,17,18). The first-order valence-electron chi connectivity index (χ1n) is 7.07. The van der Waals surface area contributed by atoms with Crippen LogP contribution in [0.25, 0.3) is 0 Å². The van der Waals surface area contributed by atoms with E-state index < -0.39 is 17.0 Å². The van der Waals surface area contributed by atoms with Crippen molar-refractivity contribution in [3.8, 4) is 0 Å². The fourth-order valence-electron chi connectivity index (χ4n) is 3.40. The van der Waals surface area contributed by atoms with Crippen molar-refractivity contribution in [3.05, 3.63) is 33.1 Å². The third kappa shape index (κ3) is 2.56. The third-order valence-electron chi connectivity index (χ3n) is 4.14. The molecule has 1 saturated carbocycles. The lowest BCUT2D eigenvalue weighted by atomic mass is 10.1. The van der Waals surface area contributed by atoms with Gasteiger partial charge < -0.3 is 14.2 Å². The van der Waals surface area contributed by atoms with Gasteiger partial charge in [-0.2, -0.15) is 0 Å². The monoisotopic (exact) mass is 296 g/mol. The molecule has 0 bridgehead atoms. The molecule has 0 aromatic carbocycles. The summed E-state index contributed by atoms with van der Waals surface area (Å²) in [4.78, 5) is 25.5. The van der Waals surface area contributed by atoms with Crippen molar-refractivity contribution in [1.82, 2.24) is 9.55 Å². The topological polar surface area (TPSA) is 82.6 Å². The van der Waals surface area contributed by atoms with E-state index in [0.717, 1.165) is 0 Å². The first-order valence-corrected chi connectivity index (χ1v) is 7.07. The Bertz CT molecular complexity index is 635. The lowest BCUT2D eigenvalue weighted by molar-refractivity contribution is -0.162. The van der Waals surface area contributed by atoms with E-state index in [9.17, 15) is 9.59 Å². The van der Waals surface area contributed by atoms with Crippen LogP contribution in [0.5, 0.6) is 0 Å². The van der Waals surface area contributed by atoms with E-state index in [2.05, 4.69) is 4.98 Å². The minimum Gasteiger partial charge on any atom is -0.384 e. The van der Waals surface area contributed by atoms with Gasteiger partial charge >= 0.3 is 5.69 Å². The van der Waals surface area contributed by atoms with E-state index in [1.54, 1.807) is 7.11 Å². The Balaban J connectivity index is 1.95. The lowest BCUT2D eigenvalue weighted by Crippen LogP contribution is -2.36. The van der Waals surface area contributed by atoms with Crippen LogP contribution in [0, 0.1) is 5.92 Å². The van der Waals surface area contributed by atoms with Crippen LogP contribution in [0.1, 0.15) is 26.3 Å². The fourth-order valence-corrected chi connectivity index (χ4v) is 3.40. The molecular weight excluding hydrogens is 276 g/mol. The van der Waals surface area contributed by atoms with Crippen molar-refractivity contribution in [1.29, 1.82) is 0 Å². The second-order valence-electron chi connectivity index (χ2n) is 6.10. The second-order valence-corrected chi connectivity index (χ2v) is 6.10. The molecule has 7 heteroatoms. The van der Waals surface area contributed by atoms with Gasteiger partial charge in [0.1, 0.15) is 6.10 Å². The number of fused-ring (bicyclic) bond motifs is 1. The number of hydrogen-bond donors (Lipinski definition) is 1. The Morgan fingerprint density at radius 2 is 2.10 bits per heavy atom. The number of rotatable bonds is 3. The number of nitrogens with one attached hydrogen (secondary N) is 1. The molecule has 2 heterocycles. The Hall–Kier alpha value is -1.44. The van der Waals surface area contributed by atoms with Crippen molar-refractivity contribution in [2.45, 2.75) is 44.3 Å². The van der Waals surface area contributed by atoms with Crippen LogP contribution < -0.4 is 11.2 Å². The van der Waals surface area contributed by atoms with E-state index in [1.165, 1.54) is 16.8 Å². The second kappa shape index (κ2) is 5.08. The lowest BCUT2D eigenvalue weighted by Gasteiger charge is -2.24. The number of aromatic nitrogens is 2. The first-order chi connectivity index (χ1) is 9.91. The molecule has 21 heavy (non-hydrogen) atoms. The van der Waals surface area contributed by atoms with Gasteiger partial charge in [0.15, 0.2) is 5.79 Å². The molecular formula is C14H20N2O5. The van der Waals surface area contributed by atoms with E-state index >= 15 is 0 Å². The smallest absolute Gasteiger partial charge is 0.328 e. The highest BCUT2D eigenvalue weighted by Gasteiger charge is 2.54.